The SMILES string of the molecule is Cc1ccc(-c2ccc(O)cc2)cc1.Cc1ccc(C(C)(C)c2ccc(O)cc2)cc1.Cc1ccc(S(=O)(=O)c2ccc(O)cc2)cc1.O=C1OC(c2ccc(O)cc2)(c2ccc(O)cc2)c2ccccc21. The Labute approximate surface area is 421 Å². The summed E-state index contributed by atoms with van der Waals surface area (Å²) in [5.74, 6) is 0.545. The van der Waals surface area contributed by atoms with Crippen LogP contribution in [-0.4, -0.2) is 39.9 Å². The van der Waals surface area contributed by atoms with Crippen LogP contribution in [0.1, 0.15) is 68.7 Å². The molecule has 9 aromatic rings. The lowest BCUT2D eigenvalue weighted by molar-refractivity contribution is 0.0251. The molecule has 9 aromatic carbocycles. The first kappa shape index (κ1) is 51.3. The minimum Gasteiger partial charge on any atom is -0.508 e. The molecule has 0 spiro atoms. The number of rotatable bonds is 7. The minimum absolute atomic E-state index is 0.0403. The fraction of sp³-hybridized carbons (Fsp3) is 0.113. The highest BCUT2D eigenvalue weighted by Gasteiger charge is 2.48. The monoisotopic (exact) mass is 976 g/mol. The van der Waals surface area contributed by atoms with Gasteiger partial charge in [-0.25, -0.2) is 13.2 Å². The van der Waals surface area contributed by atoms with Crippen molar-refractivity contribution >= 4 is 15.8 Å². The highest BCUT2D eigenvalue weighted by atomic mass is 32.2. The Morgan fingerprint density at radius 1 is 0.403 bits per heavy atom. The van der Waals surface area contributed by atoms with Gasteiger partial charge in [0.05, 0.1) is 15.4 Å². The quantitative estimate of drug-likeness (QED) is 0.0979. The first-order chi connectivity index (χ1) is 34.4. The van der Waals surface area contributed by atoms with Crippen LogP contribution in [0.15, 0.2) is 228 Å². The molecule has 1 heterocycles. The molecule has 0 atom stereocenters. The molecule has 0 fully saturated rings. The normalized spacial score (nSPS) is 12.3. The van der Waals surface area contributed by atoms with Crippen LogP contribution < -0.4 is 0 Å². The number of benzene rings is 9. The van der Waals surface area contributed by atoms with Gasteiger partial charge in [-0.2, -0.15) is 0 Å². The van der Waals surface area contributed by atoms with Gasteiger partial charge in [0.1, 0.15) is 28.7 Å². The second kappa shape index (κ2) is 22.0. The van der Waals surface area contributed by atoms with Gasteiger partial charge in [-0.1, -0.05) is 158 Å². The zero-order chi connectivity index (χ0) is 51.6. The lowest BCUT2D eigenvalue weighted by Crippen LogP contribution is -2.29. The largest absolute Gasteiger partial charge is 0.508 e. The Balaban J connectivity index is 0.000000144. The van der Waals surface area contributed by atoms with E-state index < -0.39 is 21.4 Å². The minimum atomic E-state index is -3.48. The first-order valence-electron chi connectivity index (χ1n) is 23.1. The molecule has 5 N–H and O–H groups in total. The third-order valence-electron chi connectivity index (χ3n) is 12.4. The first-order valence-corrected chi connectivity index (χ1v) is 24.6. The van der Waals surface area contributed by atoms with E-state index in [2.05, 4.69) is 76.2 Å². The molecule has 0 radical (unpaired) electrons. The summed E-state index contributed by atoms with van der Waals surface area (Å²) in [6.07, 6.45) is 0. The van der Waals surface area contributed by atoms with E-state index in [0.717, 1.165) is 27.8 Å². The van der Waals surface area contributed by atoms with Gasteiger partial charge in [-0.05, 0) is 134 Å². The third-order valence-corrected chi connectivity index (χ3v) is 14.2. The van der Waals surface area contributed by atoms with Gasteiger partial charge >= 0.3 is 5.97 Å². The number of fused-ring (bicyclic) bond motifs is 1. The highest BCUT2D eigenvalue weighted by molar-refractivity contribution is 7.91. The van der Waals surface area contributed by atoms with Crippen molar-refractivity contribution in [1.82, 2.24) is 0 Å². The molecule has 0 unspecified atom stereocenters. The van der Waals surface area contributed by atoms with Crippen LogP contribution in [-0.2, 0) is 25.6 Å². The number of phenolic OH excluding ortho intramolecular Hbond substituents is 5. The predicted octanol–water partition coefficient (Wildman–Crippen LogP) is 13.5. The van der Waals surface area contributed by atoms with Crippen molar-refractivity contribution in [1.29, 1.82) is 0 Å². The van der Waals surface area contributed by atoms with Gasteiger partial charge in [0.25, 0.3) is 0 Å². The van der Waals surface area contributed by atoms with Crippen molar-refractivity contribution in [3.63, 3.8) is 0 Å². The third kappa shape index (κ3) is 11.9. The van der Waals surface area contributed by atoms with Crippen LogP contribution in [0.2, 0.25) is 0 Å². The summed E-state index contributed by atoms with van der Waals surface area (Å²) in [7, 11) is -3.48. The zero-order valence-corrected chi connectivity index (χ0v) is 41.4. The summed E-state index contributed by atoms with van der Waals surface area (Å²) in [4.78, 5) is 12.9. The van der Waals surface area contributed by atoms with Gasteiger partial charge < -0.3 is 30.3 Å². The van der Waals surface area contributed by atoms with Crippen LogP contribution in [0.3, 0.4) is 0 Å². The maximum absolute atomic E-state index is 12.4. The molecule has 10 rings (SSSR count). The molecule has 0 saturated heterocycles. The maximum atomic E-state index is 12.4. The van der Waals surface area contributed by atoms with Crippen LogP contribution in [0.5, 0.6) is 28.7 Å². The Hall–Kier alpha value is -8.60. The van der Waals surface area contributed by atoms with Gasteiger partial charge in [0.2, 0.25) is 9.84 Å². The summed E-state index contributed by atoms with van der Waals surface area (Å²) in [5.41, 5.74) is 9.90. The van der Waals surface area contributed by atoms with E-state index in [1.165, 1.54) is 52.1 Å². The predicted molar refractivity (Wildman–Crippen MR) is 282 cm³/mol. The Morgan fingerprint density at radius 3 is 1.14 bits per heavy atom. The summed E-state index contributed by atoms with van der Waals surface area (Å²) in [6, 6.07) is 64.3. The van der Waals surface area contributed by atoms with Crippen LogP contribution in [0.4, 0.5) is 0 Å². The van der Waals surface area contributed by atoms with Crippen molar-refractivity contribution in [2.45, 2.75) is 55.4 Å². The second-order valence-corrected chi connectivity index (χ2v) is 19.9. The molecule has 0 aromatic heterocycles. The van der Waals surface area contributed by atoms with Crippen LogP contribution in [0.25, 0.3) is 11.1 Å². The summed E-state index contributed by atoms with van der Waals surface area (Å²) in [6.45, 7) is 10.5. The van der Waals surface area contributed by atoms with Crippen LogP contribution >= 0.6 is 0 Å². The summed E-state index contributed by atoms with van der Waals surface area (Å²) < 4.78 is 30.2. The van der Waals surface area contributed by atoms with Crippen molar-refractivity contribution in [3.05, 3.63) is 268 Å². The van der Waals surface area contributed by atoms with Crippen LogP contribution in [0, 0.1) is 20.8 Å². The molecule has 1 aliphatic heterocycles. The van der Waals surface area contributed by atoms with Crippen molar-refractivity contribution in [2.24, 2.45) is 0 Å². The van der Waals surface area contributed by atoms with Crippen molar-refractivity contribution in [2.75, 3.05) is 0 Å². The Bertz CT molecular complexity index is 3140. The molecule has 0 amide bonds. The molecule has 10 heteroatoms. The zero-order valence-electron chi connectivity index (χ0n) is 40.6. The average Bonchev–Trinajstić information content (AvgIpc) is 3.68. The number of ether oxygens (including phenoxy) is 1. The maximum Gasteiger partial charge on any atom is 0.340 e. The molecular weight excluding hydrogens is 921 g/mol. The number of aromatic hydroxyl groups is 5. The smallest absolute Gasteiger partial charge is 0.340 e. The number of sulfone groups is 1. The van der Waals surface area contributed by atoms with Crippen molar-refractivity contribution < 1.29 is 43.5 Å². The number of carbonyl (C=O) groups is 1. The van der Waals surface area contributed by atoms with E-state index in [0.29, 0.717) is 17.1 Å². The number of phenols is 5. The van der Waals surface area contributed by atoms with E-state index in [1.807, 2.05) is 43.3 Å². The molecule has 364 valence electrons. The molecular formula is C62H56O9S. The number of hydrogen-bond donors (Lipinski definition) is 5. The molecule has 1 aliphatic rings. The fourth-order valence-electron chi connectivity index (χ4n) is 8.10. The highest BCUT2D eigenvalue weighted by Crippen LogP contribution is 2.47. The lowest BCUT2D eigenvalue weighted by atomic mass is 9.78. The van der Waals surface area contributed by atoms with E-state index >= 15 is 0 Å². The second-order valence-electron chi connectivity index (χ2n) is 18.0. The Kier molecular flexibility index (Phi) is 15.7. The van der Waals surface area contributed by atoms with Gasteiger partial charge in [-0.15, -0.1) is 0 Å². The number of esters is 1. The topological polar surface area (TPSA) is 162 Å². The van der Waals surface area contributed by atoms with Gasteiger partial charge in [0, 0.05) is 22.1 Å². The number of carbonyl (C=O) groups excluding carboxylic acids is 1. The number of aryl methyl sites for hydroxylation is 3. The van der Waals surface area contributed by atoms with E-state index in [9.17, 15) is 28.5 Å². The molecule has 0 aliphatic carbocycles. The number of cyclic esters (lactones) is 1. The molecule has 0 bridgehead atoms. The van der Waals surface area contributed by atoms with E-state index in [-0.39, 0.29) is 32.5 Å². The molecule has 0 saturated carbocycles. The molecule has 72 heavy (non-hydrogen) atoms. The lowest BCUT2D eigenvalue weighted by Gasteiger charge is -2.30. The average molecular weight is 977 g/mol. The fourth-order valence-corrected chi connectivity index (χ4v) is 9.36. The van der Waals surface area contributed by atoms with Crippen molar-refractivity contribution in [3.8, 4) is 39.9 Å². The Morgan fingerprint density at radius 2 is 0.708 bits per heavy atom. The standard InChI is InChI=1S/C20H14O4.C16H18O.C13H12O3S.C13H12O/c21-15-9-5-13(6-10-15)20(14-7-11-16(22)12-8-14)18-4-2-1-3-17(18)19(23)24-20;1-12-4-6-13(7-5-12)16(2,3)14-8-10-15(17)11-9-14;1-10-2-6-12(7-3-10)17(15,16)13-8-4-11(14)5-9-13;1-10-2-4-11(5-3-10)12-6-8-13(14)9-7-12/h1-12,21-22H;4-11,17H,1-3H3;2-9,14H,1H3;2-9,14H,1H3. The number of hydrogen-bond acceptors (Lipinski definition) is 9. The van der Waals surface area contributed by atoms with E-state index in [1.54, 1.807) is 109 Å². The summed E-state index contributed by atoms with van der Waals surface area (Å²) >= 11 is 0. The van der Waals surface area contributed by atoms with Gasteiger partial charge in [0.15, 0.2) is 5.60 Å². The molecule has 9 nitrogen and oxygen atoms in total. The summed E-state index contributed by atoms with van der Waals surface area (Å²) in [5, 5.41) is 46.8. The van der Waals surface area contributed by atoms with E-state index in [4.69, 9.17) is 14.9 Å². The van der Waals surface area contributed by atoms with Gasteiger partial charge in [-0.3, -0.25) is 0 Å².